The third-order valence-electron chi connectivity index (χ3n) is 5.22. The molecule has 3 aromatic rings. The van der Waals surface area contributed by atoms with Gasteiger partial charge in [-0.2, -0.15) is 0 Å². The van der Waals surface area contributed by atoms with E-state index in [1.54, 1.807) is 23.8 Å². The Morgan fingerprint density at radius 1 is 1.03 bits per heavy atom. The quantitative estimate of drug-likeness (QED) is 0.368. The van der Waals surface area contributed by atoms with Crippen LogP contribution in [0, 0.1) is 11.8 Å². The summed E-state index contributed by atoms with van der Waals surface area (Å²) in [5, 5.41) is 15.6. The van der Waals surface area contributed by atoms with Crippen molar-refractivity contribution in [2.75, 3.05) is 18.4 Å². The fourth-order valence-corrected chi connectivity index (χ4v) is 3.59. The van der Waals surface area contributed by atoms with Gasteiger partial charge in [0.1, 0.15) is 12.4 Å². The van der Waals surface area contributed by atoms with Gasteiger partial charge in [0.15, 0.2) is 0 Å². The molecule has 2 amide bonds. The summed E-state index contributed by atoms with van der Waals surface area (Å²) in [6.45, 7) is 1.12. The number of pyridine rings is 1. The third kappa shape index (κ3) is 4.24. The predicted octanol–water partition coefficient (Wildman–Crippen LogP) is 2.09. The van der Waals surface area contributed by atoms with Crippen molar-refractivity contribution in [2.24, 2.45) is 11.8 Å². The predicted molar refractivity (Wildman–Crippen MR) is 111 cm³/mol. The van der Waals surface area contributed by atoms with Gasteiger partial charge in [0.05, 0.1) is 17.4 Å². The van der Waals surface area contributed by atoms with E-state index in [0.717, 1.165) is 22.2 Å². The number of carbonyl (C=O) groups excluding carboxylic acids is 2. The second-order valence-corrected chi connectivity index (χ2v) is 7.15. The van der Waals surface area contributed by atoms with Crippen LogP contribution in [0.1, 0.15) is 5.56 Å². The van der Waals surface area contributed by atoms with E-state index in [1.807, 2.05) is 42.5 Å². The van der Waals surface area contributed by atoms with Crippen LogP contribution < -0.4 is 20.9 Å². The Labute approximate surface area is 173 Å². The van der Waals surface area contributed by atoms with Crippen LogP contribution in [-0.4, -0.2) is 35.1 Å². The number of rotatable bonds is 6. The highest BCUT2D eigenvalue weighted by Gasteiger charge is 2.37. The molecule has 1 fully saturated rings. The molecule has 0 aliphatic carbocycles. The van der Waals surface area contributed by atoms with Gasteiger partial charge >= 0.3 is 0 Å². The first kappa shape index (κ1) is 19.8. The number of anilines is 1. The van der Waals surface area contributed by atoms with Crippen LogP contribution in [-0.2, 0) is 16.2 Å². The number of ether oxygens (including phenoxy) is 1. The number of aromatic nitrogens is 1. The first-order valence-corrected chi connectivity index (χ1v) is 9.67. The third-order valence-corrected chi connectivity index (χ3v) is 5.22. The van der Waals surface area contributed by atoms with Crippen molar-refractivity contribution in [1.29, 1.82) is 0 Å². The van der Waals surface area contributed by atoms with Gasteiger partial charge in [-0.1, -0.05) is 24.3 Å². The normalized spacial score (nSPS) is 18.2. The minimum Gasteiger partial charge on any atom is -0.488 e. The van der Waals surface area contributed by atoms with E-state index in [0.29, 0.717) is 25.4 Å². The SMILES string of the molecule is O=C(NO)C1CNCC1C(=O)Nc1ccc(COc2ccnc3ccccc23)cc1. The number of para-hydroxylation sites is 1. The number of amides is 2. The molecule has 0 spiro atoms. The standard InChI is InChI=1S/C22H22N4O4/c27-21(17-11-23-12-18(17)22(28)26-29)25-15-7-5-14(6-8-15)13-30-20-9-10-24-19-4-2-1-3-16(19)20/h1-10,17-18,23,29H,11-13H2,(H,25,27)(H,26,28). The molecule has 0 radical (unpaired) electrons. The molecular weight excluding hydrogens is 384 g/mol. The van der Waals surface area contributed by atoms with Crippen LogP contribution in [0.25, 0.3) is 10.9 Å². The monoisotopic (exact) mass is 406 g/mol. The van der Waals surface area contributed by atoms with Crippen LogP contribution >= 0.6 is 0 Å². The fourth-order valence-electron chi connectivity index (χ4n) is 3.59. The Morgan fingerprint density at radius 2 is 1.77 bits per heavy atom. The zero-order valence-electron chi connectivity index (χ0n) is 16.2. The van der Waals surface area contributed by atoms with Crippen LogP contribution in [0.2, 0.25) is 0 Å². The summed E-state index contributed by atoms with van der Waals surface area (Å²) in [5.41, 5.74) is 4.09. The molecule has 1 aliphatic rings. The zero-order chi connectivity index (χ0) is 20.9. The molecule has 4 rings (SSSR count). The summed E-state index contributed by atoms with van der Waals surface area (Å²) in [4.78, 5) is 28.5. The van der Waals surface area contributed by atoms with E-state index in [9.17, 15) is 9.59 Å². The molecule has 8 nitrogen and oxygen atoms in total. The van der Waals surface area contributed by atoms with Gasteiger partial charge in [0.25, 0.3) is 0 Å². The van der Waals surface area contributed by atoms with Crippen LogP contribution in [0.4, 0.5) is 5.69 Å². The van der Waals surface area contributed by atoms with Crippen molar-refractivity contribution in [3.8, 4) is 5.75 Å². The molecule has 4 N–H and O–H groups in total. The van der Waals surface area contributed by atoms with E-state index in [1.165, 1.54) is 0 Å². The Hall–Kier alpha value is -3.49. The van der Waals surface area contributed by atoms with E-state index < -0.39 is 17.7 Å². The second kappa shape index (κ2) is 8.89. The average molecular weight is 406 g/mol. The molecular formula is C22H22N4O4. The van der Waals surface area contributed by atoms with Crippen LogP contribution in [0.3, 0.4) is 0 Å². The van der Waals surface area contributed by atoms with Gasteiger partial charge < -0.3 is 15.4 Å². The molecule has 1 saturated heterocycles. The van der Waals surface area contributed by atoms with Gasteiger partial charge in [-0.15, -0.1) is 0 Å². The lowest BCUT2D eigenvalue weighted by molar-refractivity contribution is -0.136. The van der Waals surface area contributed by atoms with Gasteiger partial charge in [-0.3, -0.25) is 19.8 Å². The minimum atomic E-state index is -0.599. The summed E-state index contributed by atoms with van der Waals surface area (Å²) in [6, 6.07) is 17.0. The molecule has 30 heavy (non-hydrogen) atoms. The number of benzene rings is 2. The minimum absolute atomic E-state index is 0.263. The maximum Gasteiger partial charge on any atom is 0.248 e. The largest absolute Gasteiger partial charge is 0.488 e. The van der Waals surface area contributed by atoms with Gasteiger partial charge in [0.2, 0.25) is 11.8 Å². The number of nitrogens with one attached hydrogen (secondary N) is 3. The highest BCUT2D eigenvalue weighted by atomic mass is 16.5. The maximum atomic E-state index is 12.5. The van der Waals surface area contributed by atoms with Crippen molar-refractivity contribution in [1.82, 2.24) is 15.8 Å². The molecule has 8 heteroatoms. The first-order valence-electron chi connectivity index (χ1n) is 9.67. The molecule has 0 saturated carbocycles. The first-order chi connectivity index (χ1) is 14.7. The van der Waals surface area contributed by atoms with Crippen molar-refractivity contribution in [3.05, 3.63) is 66.4 Å². The lowest BCUT2D eigenvalue weighted by Crippen LogP contribution is -2.38. The molecule has 2 aromatic carbocycles. The van der Waals surface area contributed by atoms with E-state index in [-0.39, 0.29) is 5.91 Å². The van der Waals surface area contributed by atoms with Crippen molar-refractivity contribution >= 4 is 28.4 Å². The van der Waals surface area contributed by atoms with Gasteiger partial charge in [-0.25, -0.2) is 5.48 Å². The number of hydrogen-bond acceptors (Lipinski definition) is 6. The average Bonchev–Trinajstić information content (AvgIpc) is 3.28. The van der Waals surface area contributed by atoms with Crippen LogP contribution in [0.5, 0.6) is 5.75 Å². The maximum absolute atomic E-state index is 12.5. The molecule has 2 atom stereocenters. The van der Waals surface area contributed by atoms with Gasteiger partial charge in [-0.05, 0) is 35.9 Å². The van der Waals surface area contributed by atoms with E-state index >= 15 is 0 Å². The topological polar surface area (TPSA) is 113 Å². The summed E-state index contributed by atoms with van der Waals surface area (Å²) in [5.74, 6) is -1.20. The number of carbonyl (C=O) groups is 2. The Balaban J connectivity index is 1.37. The van der Waals surface area contributed by atoms with Crippen LogP contribution in [0.15, 0.2) is 60.8 Å². The molecule has 0 bridgehead atoms. The molecule has 154 valence electrons. The smallest absolute Gasteiger partial charge is 0.248 e. The fraction of sp³-hybridized carbons (Fsp3) is 0.227. The Kier molecular flexibility index (Phi) is 5.87. The van der Waals surface area contributed by atoms with Crippen molar-refractivity contribution in [3.63, 3.8) is 0 Å². The number of fused-ring (bicyclic) bond motifs is 1. The second-order valence-electron chi connectivity index (χ2n) is 7.15. The highest BCUT2D eigenvalue weighted by molar-refractivity contribution is 5.96. The Bertz CT molecular complexity index is 1050. The van der Waals surface area contributed by atoms with Gasteiger partial charge in [0, 0.05) is 30.4 Å². The highest BCUT2D eigenvalue weighted by Crippen LogP contribution is 2.25. The number of hydrogen-bond donors (Lipinski definition) is 4. The molecule has 2 heterocycles. The molecule has 1 aliphatic heterocycles. The number of nitrogens with zero attached hydrogens (tertiary/aromatic N) is 1. The number of hydroxylamine groups is 1. The zero-order valence-corrected chi connectivity index (χ0v) is 16.2. The summed E-state index contributed by atoms with van der Waals surface area (Å²) in [7, 11) is 0. The Morgan fingerprint density at radius 3 is 2.53 bits per heavy atom. The summed E-state index contributed by atoms with van der Waals surface area (Å²) in [6.07, 6.45) is 1.72. The van der Waals surface area contributed by atoms with E-state index in [4.69, 9.17) is 9.94 Å². The van der Waals surface area contributed by atoms with E-state index in [2.05, 4.69) is 15.6 Å². The van der Waals surface area contributed by atoms with Crippen molar-refractivity contribution < 1.29 is 19.5 Å². The van der Waals surface area contributed by atoms with Crippen molar-refractivity contribution in [2.45, 2.75) is 6.61 Å². The summed E-state index contributed by atoms with van der Waals surface area (Å²) >= 11 is 0. The molecule has 2 unspecified atom stereocenters. The molecule has 1 aromatic heterocycles. The lowest BCUT2D eigenvalue weighted by atomic mass is 9.94. The summed E-state index contributed by atoms with van der Waals surface area (Å²) < 4.78 is 5.96. The lowest BCUT2D eigenvalue weighted by Gasteiger charge is -2.16.